The number of anilines is 1. The van der Waals surface area contributed by atoms with Crippen molar-refractivity contribution in [3.8, 4) is 10.7 Å². The number of aryl methyl sites for hydroxylation is 2. The predicted octanol–water partition coefficient (Wildman–Crippen LogP) is 3.78. The summed E-state index contributed by atoms with van der Waals surface area (Å²) >= 11 is 1.74. The molecular formula is C14H19N3S. The van der Waals surface area contributed by atoms with E-state index in [9.17, 15) is 0 Å². The number of thiophene rings is 1. The van der Waals surface area contributed by atoms with Gasteiger partial charge in [-0.3, -0.25) is 0 Å². The highest BCUT2D eigenvalue weighted by Crippen LogP contribution is 2.30. The second kappa shape index (κ2) is 5.06. The summed E-state index contributed by atoms with van der Waals surface area (Å²) in [5.74, 6) is 1.71. The molecule has 0 bridgehead atoms. The van der Waals surface area contributed by atoms with Gasteiger partial charge in [-0.15, -0.1) is 11.3 Å². The van der Waals surface area contributed by atoms with E-state index in [2.05, 4.69) is 42.9 Å². The summed E-state index contributed by atoms with van der Waals surface area (Å²) in [6.07, 6.45) is 1.04. The number of rotatable bonds is 3. The summed E-state index contributed by atoms with van der Waals surface area (Å²) < 4.78 is 0. The molecule has 2 N–H and O–H groups in total. The Kier molecular flexibility index (Phi) is 3.66. The molecule has 0 saturated heterocycles. The smallest absolute Gasteiger partial charge is 0.171 e. The molecule has 0 atom stereocenters. The van der Waals surface area contributed by atoms with Crippen LogP contribution in [0.25, 0.3) is 10.7 Å². The molecule has 0 aromatic carbocycles. The van der Waals surface area contributed by atoms with Gasteiger partial charge in [-0.1, -0.05) is 20.8 Å². The highest BCUT2D eigenvalue weighted by atomic mass is 32.1. The molecule has 0 radical (unpaired) electrons. The van der Waals surface area contributed by atoms with Gasteiger partial charge in [-0.2, -0.15) is 0 Å². The molecule has 4 heteroatoms. The molecule has 2 rings (SSSR count). The van der Waals surface area contributed by atoms with Crippen LogP contribution in [0, 0.1) is 6.92 Å². The van der Waals surface area contributed by atoms with E-state index in [-0.39, 0.29) is 0 Å². The van der Waals surface area contributed by atoms with Crippen molar-refractivity contribution in [3.05, 3.63) is 28.3 Å². The summed E-state index contributed by atoms with van der Waals surface area (Å²) in [4.78, 5) is 11.5. The van der Waals surface area contributed by atoms with Crippen LogP contribution in [0.3, 0.4) is 0 Å². The van der Waals surface area contributed by atoms with Crippen LogP contribution in [-0.4, -0.2) is 9.97 Å². The topological polar surface area (TPSA) is 51.8 Å². The van der Waals surface area contributed by atoms with Crippen LogP contribution in [0.1, 0.15) is 42.8 Å². The van der Waals surface area contributed by atoms with Crippen molar-refractivity contribution < 1.29 is 0 Å². The van der Waals surface area contributed by atoms with Crippen molar-refractivity contribution in [3.63, 3.8) is 0 Å². The largest absolute Gasteiger partial charge is 0.383 e. The molecule has 0 aliphatic carbocycles. The zero-order valence-electron chi connectivity index (χ0n) is 11.3. The fourth-order valence-corrected chi connectivity index (χ4v) is 3.00. The van der Waals surface area contributed by atoms with Gasteiger partial charge in [0.1, 0.15) is 5.82 Å². The lowest BCUT2D eigenvalue weighted by molar-refractivity contribution is 0.836. The highest BCUT2D eigenvalue weighted by Gasteiger charge is 2.14. The fourth-order valence-electron chi connectivity index (χ4n) is 2.12. The molecule has 0 amide bonds. The Labute approximate surface area is 112 Å². The van der Waals surface area contributed by atoms with Crippen LogP contribution in [-0.2, 0) is 6.42 Å². The number of hydrogen-bond donors (Lipinski definition) is 1. The van der Waals surface area contributed by atoms with Crippen LogP contribution < -0.4 is 5.73 Å². The quantitative estimate of drug-likeness (QED) is 0.914. The van der Waals surface area contributed by atoms with Crippen molar-refractivity contribution >= 4 is 17.2 Å². The summed E-state index contributed by atoms with van der Waals surface area (Å²) in [6, 6.07) is 4.21. The summed E-state index contributed by atoms with van der Waals surface area (Å²) in [5.41, 5.74) is 8.10. The zero-order valence-corrected chi connectivity index (χ0v) is 12.1. The van der Waals surface area contributed by atoms with Crippen molar-refractivity contribution in [1.82, 2.24) is 9.97 Å². The van der Waals surface area contributed by atoms with Gasteiger partial charge >= 0.3 is 0 Å². The maximum absolute atomic E-state index is 6.05. The first kappa shape index (κ1) is 13.0. The Morgan fingerprint density at radius 3 is 2.50 bits per heavy atom. The van der Waals surface area contributed by atoms with Crippen molar-refractivity contribution in [2.75, 3.05) is 5.73 Å². The maximum Gasteiger partial charge on any atom is 0.171 e. The molecule has 2 aromatic rings. The van der Waals surface area contributed by atoms with Crippen LogP contribution in [0.5, 0.6) is 0 Å². The van der Waals surface area contributed by atoms with Gasteiger partial charge in [0, 0.05) is 16.1 Å². The van der Waals surface area contributed by atoms with Gasteiger partial charge < -0.3 is 5.73 Å². The molecule has 0 unspecified atom stereocenters. The number of aromatic nitrogens is 2. The molecule has 2 heterocycles. The van der Waals surface area contributed by atoms with Gasteiger partial charge in [-0.25, -0.2) is 9.97 Å². The van der Waals surface area contributed by atoms with Gasteiger partial charge in [0.25, 0.3) is 0 Å². The van der Waals surface area contributed by atoms with E-state index in [1.165, 1.54) is 4.88 Å². The monoisotopic (exact) mass is 261 g/mol. The second-order valence-electron chi connectivity index (χ2n) is 4.71. The van der Waals surface area contributed by atoms with Crippen LogP contribution in [0.15, 0.2) is 12.1 Å². The Morgan fingerprint density at radius 2 is 2.00 bits per heavy atom. The van der Waals surface area contributed by atoms with Gasteiger partial charge in [0.15, 0.2) is 5.82 Å². The lowest BCUT2D eigenvalue weighted by atomic mass is 10.0. The van der Waals surface area contributed by atoms with Gasteiger partial charge in [0.05, 0.1) is 4.88 Å². The van der Waals surface area contributed by atoms with E-state index in [0.717, 1.165) is 28.4 Å². The first-order valence-electron chi connectivity index (χ1n) is 6.26. The minimum Gasteiger partial charge on any atom is -0.383 e. The summed E-state index contributed by atoms with van der Waals surface area (Å²) in [6.45, 7) is 8.38. The average Bonchev–Trinajstić information content (AvgIpc) is 2.75. The van der Waals surface area contributed by atoms with Crippen LogP contribution in [0.2, 0.25) is 0 Å². The van der Waals surface area contributed by atoms with E-state index in [1.807, 2.05) is 6.92 Å². The third kappa shape index (κ3) is 2.38. The fraction of sp³-hybridized carbons (Fsp3) is 0.429. The van der Waals surface area contributed by atoms with Crippen LogP contribution >= 0.6 is 11.3 Å². The van der Waals surface area contributed by atoms with Gasteiger partial charge in [-0.05, 0) is 31.4 Å². The predicted molar refractivity (Wildman–Crippen MR) is 78.0 cm³/mol. The molecule has 18 heavy (non-hydrogen) atoms. The molecule has 96 valence electrons. The highest BCUT2D eigenvalue weighted by molar-refractivity contribution is 7.15. The number of nitrogens with zero attached hydrogens (tertiary/aromatic N) is 2. The summed E-state index contributed by atoms with van der Waals surface area (Å²) in [7, 11) is 0. The first-order valence-corrected chi connectivity index (χ1v) is 7.07. The molecule has 0 spiro atoms. The average molecular weight is 261 g/mol. The minimum atomic E-state index is 0.355. The Bertz CT molecular complexity index is 535. The van der Waals surface area contributed by atoms with Crippen LogP contribution in [0.4, 0.5) is 5.82 Å². The lowest BCUT2D eigenvalue weighted by Gasteiger charge is -2.12. The molecule has 2 aromatic heterocycles. The summed E-state index contributed by atoms with van der Waals surface area (Å²) in [5, 5.41) is 0. The van der Waals surface area contributed by atoms with E-state index in [0.29, 0.717) is 11.7 Å². The minimum absolute atomic E-state index is 0.355. The Morgan fingerprint density at radius 1 is 1.28 bits per heavy atom. The van der Waals surface area contributed by atoms with Crippen molar-refractivity contribution in [2.24, 2.45) is 0 Å². The second-order valence-corrected chi connectivity index (χ2v) is 5.87. The van der Waals surface area contributed by atoms with E-state index < -0.39 is 0 Å². The van der Waals surface area contributed by atoms with Crippen molar-refractivity contribution in [2.45, 2.75) is 40.0 Å². The standard InChI is InChI=1S/C14H19N3S/c1-5-10-6-7-11(18-10)14-16-9(4)12(8(2)3)13(15)17-14/h6-8H,5H2,1-4H3,(H2,15,16,17). The normalized spacial score (nSPS) is 11.2. The third-order valence-electron chi connectivity index (χ3n) is 2.97. The van der Waals surface area contributed by atoms with Gasteiger partial charge in [0.2, 0.25) is 0 Å². The number of nitrogen functional groups attached to an aromatic ring is 1. The molecule has 0 fully saturated rings. The van der Waals surface area contributed by atoms with E-state index >= 15 is 0 Å². The molecule has 3 nitrogen and oxygen atoms in total. The number of nitrogens with two attached hydrogens (primary N) is 1. The maximum atomic E-state index is 6.05. The Balaban J connectivity index is 2.47. The molecular weight excluding hydrogens is 242 g/mol. The lowest BCUT2D eigenvalue weighted by Crippen LogP contribution is -2.06. The molecule has 0 aliphatic rings. The third-order valence-corrected chi connectivity index (χ3v) is 4.20. The first-order chi connectivity index (χ1) is 8.52. The molecule has 0 aliphatic heterocycles. The zero-order chi connectivity index (χ0) is 13.3. The molecule has 0 saturated carbocycles. The van der Waals surface area contributed by atoms with E-state index in [1.54, 1.807) is 11.3 Å². The Hall–Kier alpha value is -1.42. The van der Waals surface area contributed by atoms with E-state index in [4.69, 9.17) is 5.73 Å². The van der Waals surface area contributed by atoms with Crippen molar-refractivity contribution in [1.29, 1.82) is 0 Å². The SMILES string of the molecule is CCc1ccc(-c2nc(C)c(C(C)C)c(N)n2)s1. The number of hydrogen-bond acceptors (Lipinski definition) is 4.